The molecule has 0 aliphatic carbocycles. The quantitative estimate of drug-likeness (QED) is 0.239. The molecule has 0 atom stereocenters. The number of hydrogen-bond acceptors (Lipinski definition) is 1. The van der Waals surface area contributed by atoms with Crippen LogP contribution in [0.3, 0.4) is 0 Å². The zero-order valence-electron chi connectivity index (χ0n) is 7.10. The van der Waals surface area contributed by atoms with Crippen molar-refractivity contribution >= 4 is 48.2 Å². The normalized spacial score (nSPS) is 9.92. The predicted molar refractivity (Wildman–Crippen MR) is 36.0 cm³/mol. The van der Waals surface area contributed by atoms with Gasteiger partial charge in [-0.2, -0.15) is 0 Å². The van der Waals surface area contributed by atoms with Gasteiger partial charge in [-0.05, 0) is 0 Å². The van der Waals surface area contributed by atoms with E-state index in [0.29, 0.717) is 0 Å². The molecule has 0 aliphatic heterocycles. The third-order valence-electron chi connectivity index (χ3n) is 0. The van der Waals surface area contributed by atoms with Crippen LogP contribution >= 0.6 is 48.2 Å². The minimum atomic E-state index is -4.29. The van der Waals surface area contributed by atoms with Crippen LogP contribution in [0.15, 0.2) is 0 Å². The molecule has 0 aromatic carbocycles. The van der Waals surface area contributed by atoms with Crippen molar-refractivity contribution in [2.24, 2.45) is 0 Å². The third-order valence-corrected chi connectivity index (χ3v) is 0. The van der Waals surface area contributed by atoms with Crippen LogP contribution < -0.4 is 276 Å². The first-order chi connectivity index (χ1) is 3.24. The van der Waals surface area contributed by atoms with E-state index in [2.05, 4.69) is 0 Å². The second-order valence-electron chi connectivity index (χ2n) is 0.505. The molecule has 0 aromatic heterocycles. The largest absolute Gasteiger partial charge is 1.00 e. The summed E-state index contributed by atoms with van der Waals surface area (Å²) in [5.41, 5.74) is 5.75. The minimum Gasteiger partial charge on any atom is -0.577 e. The summed E-state index contributed by atoms with van der Waals surface area (Å²) in [6, 6.07) is 0. The topological polar surface area (TPSA) is 39.4 Å². The summed E-state index contributed by atoms with van der Waals surface area (Å²) >= 11 is 0. The van der Waals surface area contributed by atoms with Gasteiger partial charge in [-0.25, -0.2) is 0 Å². The predicted octanol–water partition coefficient (Wildman–Crippen LogP) is -8.22. The molecular weight excluding hydrogens is 929 g/mol. The van der Waals surface area contributed by atoms with E-state index in [9.17, 15) is 0 Å². The maximum absolute atomic E-state index is 7.25. The van der Waals surface area contributed by atoms with Crippen LogP contribution in [-0.2, 0) is 8.83 Å². The van der Waals surface area contributed by atoms with Crippen molar-refractivity contribution in [2.75, 3.05) is 0 Å². The van der Waals surface area contributed by atoms with Gasteiger partial charge in [-0.3, -0.25) is 0 Å². The van der Waals surface area contributed by atoms with Crippen LogP contribution in [0.1, 0.15) is 0 Å². The van der Waals surface area contributed by atoms with Crippen molar-refractivity contribution in [3.05, 3.63) is 10.5 Å². The van der Waals surface area contributed by atoms with Gasteiger partial charge in [0.2, 0.25) is 0 Å². The Bertz CT molecular complexity index is 66.3. The zero-order chi connectivity index (χ0) is 7.45. The summed E-state index contributed by atoms with van der Waals surface area (Å²) in [7, 11) is 20.9. The maximum atomic E-state index is 7.25. The van der Waals surface area contributed by atoms with Crippen LogP contribution in [0, 0.1) is 4.91 Å². The van der Waals surface area contributed by atoms with E-state index in [1.165, 1.54) is 0 Å². The summed E-state index contributed by atoms with van der Waals surface area (Å²) in [4.78, 5) is 7.25. The number of halogens is 5. The van der Waals surface area contributed by atoms with Gasteiger partial charge >= 0.3 is 333 Å². The molecule has 0 radical (unpaired) electrons. The van der Waals surface area contributed by atoms with E-state index < -0.39 is 8.83 Å². The molecular formula is Cl5Cs4NOOs+3. The molecule has 0 bridgehead atoms. The monoisotopic (exact) mass is 928 g/mol. The molecule has 55 valence electrons. The van der Waals surface area contributed by atoms with E-state index >= 15 is 0 Å². The maximum Gasteiger partial charge on any atom is 1.00 e. The Morgan fingerprint density at radius 1 is 0.667 bits per heavy atom. The van der Waals surface area contributed by atoms with Crippen molar-refractivity contribution in [3.8, 4) is 0 Å². The molecule has 0 N–H and O–H groups in total. The van der Waals surface area contributed by atoms with E-state index in [4.69, 9.17) is 58.7 Å². The van der Waals surface area contributed by atoms with Crippen LogP contribution in [0.25, 0.3) is 5.59 Å². The summed E-state index contributed by atoms with van der Waals surface area (Å²) in [6.07, 6.45) is 0. The van der Waals surface area contributed by atoms with Crippen LogP contribution in [-0.4, -0.2) is 0 Å². The van der Waals surface area contributed by atoms with Gasteiger partial charge in [-0.1, -0.05) is 0 Å². The summed E-state index contributed by atoms with van der Waals surface area (Å²) < 4.78 is 0. The van der Waals surface area contributed by atoms with Crippen LogP contribution in [0.4, 0.5) is 0 Å². The average molecular weight is 929 g/mol. The van der Waals surface area contributed by atoms with Gasteiger partial charge in [0.1, 0.15) is 0 Å². The van der Waals surface area contributed by atoms with Crippen molar-refractivity contribution < 1.29 is 284 Å². The molecule has 0 rings (SSSR count). The first-order valence-corrected chi connectivity index (χ1v) is 16.6. The second kappa shape index (κ2) is 20.9. The van der Waals surface area contributed by atoms with Gasteiger partial charge in [0.15, 0.2) is 0 Å². The van der Waals surface area contributed by atoms with Crippen molar-refractivity contribution in [1.29, 1.82) is 0 Å². The first kappa shape index (κ1) is 37.8. The average Bonchev–Trinajstić information content (AvgIpc) is 1.33. The van der Waals surface area contributed by atoms with E-state index in [0.717, 1.165) is 0 Å². The Morgan fingerprint density at radius 3 is 0.667 bits per heavy atom. The van der Waals surface area contributed by atoms with Crippen molar-refractivity contribution in [2.45, 2.75) is 0 Å². The number of rotatable bonds is 0. The molecule has 0 heterocycles. The molecule has 0 amide bonds. The molecule has 0 spiro atoms. The molecule has 2 nitrogen and oxygen atoms in total. The molecule has 0 unspecified atom stereocenters. The van der Waals surface area contributed by atoms with E-state index in [-0.39, 0.29) is 276 Å². The Labute approximate surface area is 328 Å². The van der Waals surface area contributed by atoms with E-state index in [1.54, 1.807) is 0 Å². The zero-order valence-corrected chi connectivity index (χ0v) is 38.5. The molecule has 12 heteroatoms. The number of hydrogen-bond donors (Lipinski definition) is 0. The van der Waals surface area contributed by atoms with Gasteiger partial charge < -0.3 is 10.5 Å². The molecule has 0 saturated heterocycles. The minimum absolute atomic E-state index is 0. The van der Waals surface area contributed by atoms with Crippen molar-refractivity contribution in [1.82, 2.24) is 0 Å². The summed E-state index contributed by atoms with van der Waals surface area (Å²) in [5.74, 6) is 0. The molecule has 0 aliphatic rings. The molecule has 0 fully saturated rings. The van der Waals surface area contributed by atoms with E-state index in [1.807, 2.05) is 0 Å². The fourth-order valence-corrected chi connectivity index (χ4v) is 0. The summed E-state index contributed by atoms with van der Waals surface area (Å²) in [5, 5.41) is 0. The fourth-order valence-electron chi connectivity index (χ4n) is 0. The molecule has 12 heavy (non-hydrogen) atoms. The van der Waals surface area contributed by atoms with Gasteiger partial charge in [0.05, 0.1) is 0 Å². The Hall–Kier alpha value is 9.89. The van der Waals surface area contributed by atoms with Gasteiger partial charge in [0.25, 0.3) is 0 Å². The second-order valence-corrected chi connectivity index (χ2v) is 37.2. The van der Waals surface area contributed by atoms with Crippen LogP contribution in [0.2, 0.25) is 0 Å². The van der Waals surface area contributed by atoms with Gasteiger partial charge in [-0.15, -0.1) is 0 Å². The Morgan fingerprint density at radius 2 is 0.667 bits per heavy atom. The first-order valence-electron chi connectivity index (χ1n) is 0.851. The Balaban J connectivity index is -0.0000000140. The number of nitroso groups, excluding NO2 is 1. The van der Waals surface area contributed by atoms with Crippen molar-refractivity contribution in [3.63, 3.8) is 0 Å². The summed E-state index contributed by atoms with van der Waals surface area (Å²) in [6.45, 7) is 0. The smallest absolute Gasteiger partial charge is 0.577 e. The van der Waals surface area contributed by atoms with Crippen LogP contribution in [0.5, 0.6) is 0 Å². The Kier molecular flexibility index (Phi) is 65.9. The molecule has 0 aromatic rings. The molecule has 0 saturated carbocycles. The standard InChI is InChI=1S/5ClH.4Cs.NO.Os/c;;;;;;;;;1-2;/h5*1H;;;;;;/q;;;;;4*+1;-1;+5/p-5. The fraction of sp³-hybridized carbons (Fsp3) is 0. The third kappa shape index (κ3) is 72.5. The van der Waals surface area contributed by atoms with Gasteiger partial charge in [0, 0.05) is 0 Å². The number of nitrogens with zero attached hydrogens (tertiary/aromatic N) is 1. The SMILES string of the molecule is [Cl][Os]([Cl])([Cl])([Cl])[Cl].[Cs+].[Cs+].[Cs+].[Cs+].[N-]=O.